The Hall–Kier alpha value is -1.69. The van der Waals surface area contributed by atoms with Crippen molar-refractivity contribution >= 4 is 21.9 Å². The van der Waals surface area contributed by atoms with Crippen molar-refractivity contribution in [2.24, 2.45) is 7.05 Å². The Morgan fingerprint density at radius 2 is 2.21 bits per heavy atom. The monoisotopic (exact) mass is 323 g/mol. The molecule has 0 saturated carbocycles. The van der Waals surface area contributed by atoms with E-state index < -0.39 is 0 Å². The van der Waals surface area contributed by atoms with E-state index in [1.807, 2.05) is 20.0 Å². The lowest BCUT2D eigenvalue weighted by molar-refractivity contribution is 0.0600. The quantitative estimate of drug-likeness (QED) is 0.815. The van der Waals surface area contributed by atoms with Gasteiger partial charge in [-0.1, -0.05) is 6.92 Å². The fourth-order valence-corrected chi connectivity index (χ4v) is 2.44. The summed E-state index contributed by atoms with van der Waals surface area (Å²) in [4.78, 5) is 15.9. The largest absolute Gasteiger partial charge is 0.465 e. The normalized spacial score (nSPS) is 10.5. The van der Waals surface area contributed by atoms with Crippen molar-refractivity contribution in [1.82, 2.24) is 14.8 Å². The van der Waals surface area contributed by atoms with Crippen molar-refractivity contribution < 1.29 is 9.53 Å². The summed E-state index contributed by atoms with van der Waals surface area (Å²) in [6.45, 7) is 2.02. The van der Waals surface area contributed by atoms with Crippen molar-refractivity contribution in [2.45, 2.75) is 13.3 Å². The van der Waals surface area contributed by atoms with Crippen molar-refractivity contribution in [3.8, 4) is 11.4 Å². The molecule has 0 fully saturated rings. The highest BCUT2D eigenvalue weighted by atomic mass is 79.9. The number of aromatic nitrogens is 3. The number of aryl methyl sites for hydroxylation is 2. The summed E-state index contributed by atoms with van der Waals surface area (Å²) in [5, 5.41) is 4.18. The maximum Gasteiger partial charge on any atom is 0.339 e. The van der Waals surface area contributed by atoms with Gasteiger partial charge in [0.1, 0.15) is 5.69 Å². The molecule has 19 heavy (non-hydrogen) atoms. The minimum Gasteiger partial charge on any atom is -0.465 e. The lowest BCUT2D eigenvalue weighted by Gasteiger charge is -2.09. The molecule has 2 rings (SSSR count). The van der Waals surface area contributed by atoms with E-state index in [1.165, 1.54) is 13.3 Å². The summed E-state index contributed by atoms with van der Waals surface area (Å²) < 4.78 is 7.34. The molecule has 2 aromatic rings. The Morgan fingerprint density at radius 1 is 1.47 bits per heavy atom. The minimum absolute atomic E-state index is 0.377. The number of hydrogen-bond donors (Lipinski definition) is 0. The van der Waals surface area contributed by atoms with E-state index >= 15 is 0 Å². The summed E-state index contributed by atoms with van der Waals surface area (Å²) in [5.74, 6) is -0.377. The van der Waals surface area contributed by atoms with Crippen molar-refractivity contribution in [2.75, 3.05) is 7.11 Å². The van der Waals surface area contributed by atoms with E-state index in [0.717, 1.165) is 27.8 Å². The molecule has 100 valence electrons. The van der Waals surface area contributed by atoms with Gasteiger partial charge in [-0.25, -0.2) is 4.79 Å². The molecule has 0 aliphatic heterocycles. The van der Waals surface area contributed by atoms with E-state index in [2.05, 4.69) is 26.0 Å². The van der Waals surface area contributed by atoms with Crippen LogP contribution in [0, 0.1) is 0 Å². The molecule has 0 aromatic carbocycles. The van der Waals surface area contributed by atoms with E-state index in [1.54, 1.807) is 10.9 Å². The molecule has 0 saturated heterocycles. The Bertz CT molecular complexity index is 603. The van der Waals surface area contributed by atoms with Crippen LogP contribution in [0.15, 0.2) is 22.9 Å². The van der Waals surface area contributed by atoms with Gasteiger partial charge in [-0.05, 0) is 34.0 Å². The van der Waals surface area contributed by atoms with Crippen LogP contribution in [0.4, 0.5) is 0 Å². The Balaban J connectivity index is 2.56. The molecule has 0 unspecified atom stereocenters. The first-order valence-corrected chi connectivity index (χ1v) is 6.62. The van der Waals surface area contributed by atoms with Gasteiger partial charge in [-0.2, -0.15) is 5.10 Å². The highest BCUT2D eigenvalue weighted by molar-refractivity contribution is 9.10. The zero-order valence-corrected chi connectivity index (χ0v) is 12.6. The number of methoxy groups -OCH3 is 1. The van der Waals surface area contributed by atoms with Crippen LogP contribution in [-0.4, -0.2) is 27.8 Å². The molecule has 2 heterocycles. The topological polar surface area (TPSA) is 57.0 Å². The van der Waals surface area contributed by atoms with Gasteiger partial charge in [0.15, 0.2) is 0 Å². The number of halogens is 1. The van der Waals surface area contributed by atoms with Crippen LogP contribution in [-0.2, 0) is 18.2 Å². The van der Waals surface area contributed by atoms with E-state index in [4.69, 9.17) is 4.74 Å². The van der Waals surface area contributed by atoms with Gasteiger partial charge in [-0.15, -0.1) is 0 Å². The van der Waals surface area contributed by atoms with Crippen molar-refractivity contribution in [3.63, 3.8) is 0 Å². The van der Waals surface area contributed by atoms with Crippen LogP contribution >= 0.6 is 15.9 Å². The number of ether oxygens (including phenoxy) is 1. The number of nitrogens with zero attached hydrogens (tertiary/aromatic N) is 3. The maximum absolute atomic E-state index is 11.5. The van der Waals surface area contributed by atoms with Gasteiger partial charge in [0.25, 0.3) is 0 Å². The van der Waals surface area contributed by atoms with Crippen LogP contribution in [0.25, 0.3) is 11.4 Å². The average Bonchev–Trinajstić information content (AvgIpc) is 2.76. The second-order valence-corrected chi connectivity index (χ2v) is 4.90. The van der Waals surface area contributed by atoms with Crippen LogP contribution in [0.3, 0.4) is 0 Å². The highest BCUT2D eigenvalue weighted by Crippen LogP contribution is 2.29. The molecule has 0 bridgehead atoms. The molecular weight excluding hydrogens is 310 g/mol. The second kappa shape index (κ2) is 5.52. The Kier molecular flexibility index (Phi) is 3.99. The molecule has 0 atom stereocenters. The number of esters is 1. The number of rotatable bonds is 3. The second-order valence-electron chi connectivity index (χ2n) is 4.04. The van der Waals surface area contributed by atoms with Crippen molar-refractivity contribution in [1.29, 1.82) is 0 Å². The van der Waals surface area contributed by atoms with E-state index in [-0.39, 0.29) is 5.97 Å². The fraction of sp³-hybridized carbons (Fsp3) is 0.308. The molecule has 0 amide bonds. The van der Waals surface area contributed by atoms with Gasteiger partial charge >= 0.3 is 5.97 Å². The SMILES string of the molecule is CCc1cc(C(=O)OC)cnc1-c1c(Br)cnn1C. The van der Waals surface area contributed by atoms with E-state index in [0.29, 0.717) is 5.56 Å². The lowest BCUT2D eigenvalue weighted by Crippen LogP contribution is -2.06. The number of hydrogen-bond acceptors (Lipinski definition) is 4. The summed E-state index contributed by atoms with van der Waals surface area (Å²) in [6.07, 6.45) is 4.02. The molecular formula is C13H14BrN3O2. The fourth-order valence-electron chi connectivity index (χ4n) is 1.90. The van der Waals surface area contributed by atoms with Gasteiger partial charge in [0.05, 0.1) is 29.0 Å². The van der Waals surface area contributed by atoms with Crippen LogP contribution in [0.5, 0.6) is 0 Å². The molecule has 0 aliphatic carbocycles. The third-order valence-corrected chi connectivity index (χ3v) is 3.47. The third kappa shape index (κ3) is 2.53. The van der Waals surface area contributed by atoms with Crippen LogP contribution < -0.4 is 0 Å². The van der Waals surface area contributed by atoms with Crippen molar-refractivity contribution in [3.05, 3.63) is 34.1 Å². The van der Waals surface area contributed by atoms with Gasteiger partial charge in [0.2, 0.25) is 0 Å². The predicted molar refractivity (Wildman–Crippen MR) is 74.9 cm³/mol. The average molecular weight is 324 g/mol. The first-order valence-electron chi connectivity index (χ1n) is 5.83. The first-order chi connectivity index (χ1) is 9.08. The minimum atomic E-state index is -0.377. The summed E-state index contributed by atoms with van der Waals surface area (Å²) >= 11 is 3.46. The number of pyridine rings is 1. The molecule has 0 aliphatic rings. The number of carbonyl (C=O) groups is 1. The molecule has 5 nitrogen and oxygen atoms in total. The maximum atomic E-state index is 11.5. The van der Waals surface area contributed by atoms with E-state index in [9.17, 15) is 4.79 Å². The van der Waals surface area contributed by atoms with Crippen LogP contribution in [0.1, 0.15) is 22.8 Å². The molecule has 6 heteroatoms. The smallest absolute Gasteiger partial charge is 0.339 e. The standard InChI is InChI=1S/C13H14BrN3O2/c1-4-8-5-9(13(18)19-3)6-15-11(8)12-10(14)7-16-17(12)2/h5-7H,4H2,1-3H3. The van der Waals surface area contributed by atoms with Gasteiger partial charge in [-0.3, -0.25) is 9.67 Å². The lowest BCUT2D eigenvalue weighted by atomic mass is 10.1. The first kappa shape index (κ1) is 13.7. The number of carbonyl (C=O) groups excluding carboxylic acids is 1. The molecule has 0 radical (unpaired) electrons. The Morgan fingerprint density at radius 3 is 2.74 bits per heavy atom. The Labute approximate surface area is 119 Å². The third-order valence-electron chi connectivity index (χ3n) is 2.89. The summed E-state index contributed by atoms with van der Waals surface area (Å²) in [7, 11) is 3.22. The molecule has 0 N–H and O–H groups in total. The zero-order valence-electron chi connectivity index (χ0n) is 11.0. The van der Waals surface area contributed by atoms with Gasteiger partial charge in [0, 0.05) is 13.2 Å². The molecule has 0 spiro atoms. The zero-order chi connectivity index (χ0) is 14.0. The summed E-state index contributed by atoms with van der Waals surface area (Å²) in [6, 6.07) is 1.81. The molecule has 2 aromatic heterocycles. The predicted octanol–water partition coefficient (Wildman–Crippen LogP) is 2.59. The van der Waals surface area contributed by atoms with Gasteiger partial charge < -0.3 is 4.74 Å². The van der Waals surface area contributed by atoms with Crippen LogP contribution in [0.2, 0.25) is 0 Å². The highest BCUT2D eigenvalue weighted by Gasteiger charge is 2.16. The summed E-state index contributed by atoms with van der Waals surface area (Å²) in [5.41, 5.74) is 3.16.